The van der Waals surface area contributed by atoms with Gasteiger partial charge in [0, 0.05) is 47.3 Å². The van der Waals surface area contributed by atoms with E-state index in [-0.39, 0.29) is 13.2 Å². The molecule has 4 nitrogen and oxygen atoms in total. The predicted octanol–water partition coefficient (Wildman–Crippen LogP) is 9.98. The highest BCUT2D eigenvalue weighted by molar-refractivity contribution is 5.81. The molecule has 0 saturated carbocycles. The Morgan fingerprint density at radius 3 is 0.848 bits per heavy atom. The molecule has 0 heterocycles. The molecule has 2 N–H and O–H groups in total. The van der Waals surface area contributed by atoms with Crippen LogP contribution in [0.3, 0.4) is 0 Å². The first-order valence-corrected chi connectivity index (χ1v) is 15.9. The molecule has 6 rings (SSSR count). The van der Waals surface area contributed by atoms with E-state index in [9.17, 15) is 10.2 Å². The van der Waals surface area contributed by atoms with Gasteiger partial charge in [0.1, 0.15) is 0 Å². The average molecular weight is 605 g/mol. The molecule has 0 radical (unpaired) electrons. The summed E-state index contributed by atoms with van der Waals surface area (Å²) in [5, 5.41) is 18.8. The number of hydrogen-bond acceptors (Lipinski definition) is 4. The molecule has 0 aromatic heterocycles. The van der Waals surface area contributed by atoms with E-state index < -0.39 is 0 Å². The lowest BCUT2D eigenvalue weighted by Crippen LogP contribution is -2.10. The SMILES string of the molecule is Cc1ccc(N(c2ccc(C)cc2)c2ccc(-c3ccc(N(c4ccc(CCO)cc4)c4ccc(CCO)cc4)cc3)cc2)cc1. The van der Waals surface area contributed by atoms with E-state index in [0.717, 1.165) is 56.4 Å². The Morgan fingerprint density at radius 1 is 0.348 bits per heavy atom. The molecule has 0 atom stereocenters. The lowest BCUT2D eigenvalue weighted by atomic mass is 10.0. The zero-order valence-electron chi connectivity index (χ0n) is 26.5. The van der Waals surface area contributed by atoms with Crippen LogP contribution < -0.4 is 9.80 Å². The molecule has 0 fully saturated rings. The van der Waals surface area contributed by atoms with Crippen molar-refractivity contribution in [2.45, 2.75) is 26.7 Å². The smallest absolute Gasteiger partial charge is 0.0471 e. The molecule has 6 aromatic rings. The van der Waals surface area contributed by atoms with Crippen LogP contribution in [0, 0.1) is 13.8 Å². The van der Waals surface area contributed by atoms with Crippen molar-refractivity contribution in [2.75, 3.05) is 23.0 Å². The van der Waals surface area contributed by atoms with Crippen LogP contribution in [0.2, 0.25) is 0 Å². The molecule has 0 bridgehead atoms. The summed E-state index contributed by atoms with van der Waals surface area (Å²) < 4.78 is 0. The maximum Gasteiger partial charge on any atom is 0.0471 e. The van der Waals surface area contributed by atoms with Crippen molar-refractivity contribution in [3.05, 3.63) is 168 Å². The van der Waals surface area contributed by atoms with E-state index in [1.165, 1.54) is 11.1 Å². The highest BCUT2D eigenvalue weighted by Crippen LogP contribution is 2.38. The maximum atomic E-state index is 9.38. The van der Waals surface area contributed by atoms with Crippen molar-refractivity contribution in [3.63, 3.8) is 0 Å². The minimum absolute atomic E-state index is 0.133. The van der Waals surface area contributed by atoms with E-state index in [2.05, 4.69) is 169 Å². The number of aliphatic hydroxyl groups excluding tert-OH is 2. The summed E-state index contributed by atoms with van der Waals surface area (Å²) in [7, 11) is 0. The van der Waals surface area contributed by atoms with E-state index in [0.29, 0.717) is 12.8 Å². The van der Waals surface area contributed by atoms with Gasteiger partial charge in [0.25, 0.3) is 0 Å². The average Bonchev–Trinajstić information content (AvgIpc) is 3.09. The fourth-order valence-electron chi connectivity index (χ4n) is 5.77. The molecule has 0 aliphatic rings. The minimum Gasteiger partial charge on any atom is -0.396 e. The highest BCUT2D eigenvalue weighted by atomic mass is 16.3. The third-order valence-electron chi connectivity index (χ3n) is 8.36. The summed E-state index contributed by atoms with van der Waals surface area (Å²) in [6.45, 7) is 4.49. The van der Waals surface area contributed by atoms with Gasteiger partial charge in [0.2, 0.25) is 0 Å². The molecule has 4 heteroatoms. The largest absolute Gasteiger partial charge is 0.396 e. The lowest BCUT2D eigenvalue weighted by Gasteiger charge is -2.26. The summed E-state index contributed by atoms with van der Waals surface area (Å²) in [5.74, 6) is 0. The molecule has 0 aliphatic heterocycles. The third-order valence-corrected chi connectivity index (χ3v) is 8.36. The fourth-order valence-corrected chi connectivity index (χ4v) is 5.77. The van der Waals surface area contributed by atoms with Crippen molar-refractivity contribution in [2.24, 2.45) is 0 Å². The van der Waals surface area contributed by atoms with Gasteiger partial charge in [-0.2, -0.15) is 0 Å². The topological polar surface area (TPSA) is 46.9 Å². The second kappa shape index (κ2) is 14.3. The summed E-state index contributed by atoms with van der Waals surface area (Å²) in [6, 6.07) is 51.5. The van der Waals surface area contributed by atoms with E-state index in [4.69, 9.17) is 0 Å². The van der Waals surface area contributed by atoms with Gasteiger partial charge in [0.05, 0.1) is 0 Å². The van der Waals surface area contributed by atoms with Crippen LogP contribution in [0.15, 0.2) is 146 Å². The van der Waals surface area contributed by atoms with Gasteiger partial charge in [-0.15, -0.1) is 0 Å². The second-order valence-electron chi connectivity index (χ2n) is 11.7. The zero-order valence-corrected chi connectivity index (χ0v) is 26.5. The van der Waals surface area contributed by atoms with Crippen molar-refractivity contribution >= 4 is 34.1 Å². The molecule has 230 valence electrons. The number of rotatable bonds is 11. The van der Waals surface area contributed by atoms with Crippen LogP contribution in [0.4, 0.5) is 34.1 Å². The molecule has 0 aliphatic carbocycles. The minimum atomic E-state index is 0.133. The standard InChI is InChI=1S/C42H40N2O2/c1-31-3-15-37(16-4-31)43(38-17-5-32(2)6-18-38)41-23-11-35(12-24-41)36-13-25-42(26-14-36)44(39-19-7-33(8-20-39)27-29-45)40-21-9-34(10-22-40)28-30-46/h3-26,45-46H,27-30H2,1-2H3. The fraction of sp³-hybridized carbons (Fsp3) is 0.143. The van der Waals surface area contributed by atoms with Gasteiger partial charge in [-0.3, -0.25) is 0 Å². The number of aliphatic hydroxyl groups is 2. The number of nitrogens with zero attached hydrogens (tertiary/aromatic N) is 2. The normalized spacial score (nSPS) is 11.0. The van der Waals surface area contributed by atoms with E-state index in [1.807, 2.05) is 0 Å². The van der Waals surface area contributed by atoms with Crippen LogP contribution in [-0.4, -0.2) is 23.4 Å². The van der Waals surface area contributed by atoms with E-state index in [1.54, 1.807) is 0 Å². The lowest BCUT2D eigenvalue weighted by molar-refractivity contribution is 0.299. The molecule has 0 amide bonds. The Bertz CT molecular complexity index is 1730. The highest BCUT2D eigenvalue weighted by Gasteiger charge is 2.15. The van der Waals surface area contributed by atoms with E-state index >= 15 is 0 Å². The Balaban J connectivity index is 1.30. The summed E-state index contributed by atoms with van der Waals surface area (Å²) >= 11 is 0. The van der Waals surface area contributed by atoms with Crippen LogP contribution in [0.25, 0.3) is 11.1 Å². The Kier molecular flexibility index (Phi) is 9.59. The van der Waals surface area contributed by atoms with Crippen LogP contribution in [-0.2, 0) is 12.8 Å². The molecule has 6 aromatic carbocycles. The Hall–Kier alpha value is -5.16. The van der Waals surface area contributed by atoms with Crippen molar-refractivity contribution in [1.82, 2.24) is 0 Å². The molecule has 0 unspecified atom stereocenters. The number of benzene rings is 6. The van der Waals surface area contributed by atoms with Crippen LogP contribution in [0.1, 0.15) is 22.3 Å². The molecule has 46 heavy (non-hydrogen) atoms. The van der Waals surface area contributed by atoms with Crippen LogP contribution >= 0.6 is 0 Å². The van der Waals surface area contributed by atoms with Crippen molar-refractivity contribution in [1.29, 1.82) is 0 Å². The number of anilines is 6. The van der Waals surface area contributed by atoms with Gasteiger partial charge in [-0.05, 0) is 122 Å². The summed E-state index contributed by atoms with van der Waals surface area (Å²) in [4.78, 5) is 4.53. The first kappa shape index (κ1) is 30.8. The quantitative estimate of drug-likeness (QED) is 0.155. The Labute approximate surface area is 272 Å². The van der Waals surface area contributed by atoms with Gasteiger partial charge in [-0.25, -0.2) is 0 Å². The molecule has 0 spiro atoms. The predicted molar refractivity (Wildman–Crippen MR) is 192 cm³/mol. The third kappa shape index (κ3) is 7.05. The monoisotopic (exact) mass is 604 g/mol. The zero-order chi connectivity index (χ0) is 31.9. The van der Waals surface area contributed by atoms with Crippen LogP contribution in [0.5, 0.6) is 0 Å². The first-order chi connectivity index (χ1) is 22.5. The van der Waals surface area contributed by atoms with Crippen molar-refractivity contribution in [3.8, 4) is 11.1 Å². The first-order valence-electron chi connectivity index (χ1n) is 15.9. The number of aryl methyl sites for hydroxylation is 2. The number of hydrogen-bond donors (Lipinski definition) is 2. The second-order valence-corrected chi connectivity index (χ2v) is 11.7. The van der Waals surface area contributed by atoms with Crippen molar-refractivity contribution < 1.29 is 10.2 Å². The maximum absolute atomic E-state index is 9.38. The summed E-state index contributed by atoms with van der Waals surface area (Å²) in [6.07, 6.45) is 1.27. The van der Waals surface area contributed by atoms with Gasteiger partial charge < -0.3 is 20.0 Å². The molecular formula is C42H40N2O2. The van der Waals surface area contributed by atoms with Gasteiger partial charge >= 0.3 is 0 Å². The van der Waals surface area contributed by atoms with Gasteiger partial charge in [0.15, 0.2) is 0 Å². The Morgan fingerprint density at radius 2 is 0.587 bits per heavy atom. The summed E-state index contributed by atoms with van der Waals surface area (Å²) in [5.41, 5.74) is 13.5. The van der Waals surface area contributed by atoms with Gasteiger partial charge in [-0.1, -0.05) is 83.9 Å². The molecular weight excluding hydrogens is 564 g/mol. The molecule has 0 saturated heterocycles.